The van der Waals surface area contributed by atoms with Gasteiger partial charge in [0.2, 0.25) is 17.6 Å². The number of hydrogen-bond donors (Lipinski definition) is 6. The lowest BCUT2D eigenvalue weighted by molar-refractivity contribution is -0.144. The first-order valence-corrected chi connectivity index (χ1v) is 21.3. The van der Waals surface area contributed by atoms with Crippen LogP contribution in [0.25, 0.3) is 0 Å². The van der Waals surface area contributed by atoms with Gasteiger partial charge in [-0.1, -0.05) is 115 Å². The van der Waals surface area contributed by atoms with Gasteiger partial charge in [-0.05, 0) is 49.4 Å². The highest BCUT2D eigenvalue weighted by molar-refractivity contribution is 6.59. The van der Waals surface area contributed by atoms with Crippen LogP contribution in [0.1, 0.15) is 153 Å². The first kappa shape index (κ1) is 59.7. The van der Waals surface area contributed by atoms with Crippen LogP contribution < -0.4 is 21.3 Å². The molecule has 338 valence electrons. The number of nitrogens with one attached hydrogen (secondary N) is 6. The van der Waals surface area contributed by atoms with E-state index in [1.807, 2.05) is 48.5 Å². The largest absolute Gasteiger partial charge is 0.347 e. The van der Waals surface area contributed by atoms with E-state index in [1.165, 1.54) is 19.3 Å². The molecule has 57 heavy (non-hydrogen) atoms. The summed E-state index contributed by atoms with van der Waals surface area (Å²) in [6.45, 7) is 35.4. The van der Waals surface area contributed by atoms with Gasteiger partial charge in [0.25, 0.3) is 11.8 Å². The summed E-state index contributed by atoms with van der Waals surface area (Å²) in [5.41, 5.74) is -1.33. The minimum absolute atomic E-state index is 0. The third-order valence-electron chi connectivity index (χ3n) is 8.98. The topological polar surface area (TPSA) is 201 Å². The van der Waals surface area contributed by atoms with Crippen molar-refractivity contribution in [2.45, 2.75) is 171 Å². The number of likely N-dealkylation sites (tertiary alicyclic amines) is 1. The number of unbranched alkanes of at least 4 members (excludes halogenated alkanes) is 2. The fourth-order valence-corrected chi connectivity index (χ4v) is 6.23. The molecule has 0 aromatic carbocycles. The highest BCUT2D eigenvalue weighted by atomic mass is 16.2. The molecule has 3 aliphatic rings. The number of carbonyl (C=O) groups excluding carboxylic acids is 6. The lowest BCUT2D eigenvalue weighted by Gasteiger charge is -2.36. The number of rotatable bonds is 17. The standard InChI is InChI=1S/C29H45N7O6.C5H12.3C2H6.2C2H4.4H2/c1-5-7-20(24(39)27(41)34-17-10-11-17)32-13-21(37)23-18-9-6-8-16(18)15-36(23)28(42)25(29(2,3)4)35-22(38)14-33-26(40)19(31)12-30;1-3-5-4-2;5*1-2;;;;/h12,16-18,20,23,25,30-32H,5-11,13-15H2,1-4H3,(H,33,40)(H,34,41)(H,35,38);3-5H2,1-2H3;3*1-2H3;2*1-2H2;4*1H/t16-,18-,20-,23?,25?;;;;;;;;;;/m0........../s1. The van der Waals surface area contributed by atoms with Crippen LogP contribution in [-0.4, -0.2) is 95.8 Å². The smallest absolute Gasteiger partial charge is 0.289 e. The van der Waals surface area contributed by atoms with Gasteiger partial charge in [-0.15, -0.1) is 26.3 Å². The van der Waals surface area contributed by atoms with Crippen molar-refractivity contribution in [3.63, 3.8) is 0 Å². The number of carbonyl (C=O) groups is 6. The molecule has 2 saturated carbocycles. The highest BCUT2D eigenvalue weighted by Crippen LogP contribution is 2.43. The molecular weight excluding hydrogens is 723 g/mol. The van der Waals surface area contributed by atoms with Gasteiger partial charge in [-0.2, -0.15) is 0 Å². The maximum absolute atomic E-state index is 14.0. The van der Waals surface area contributed by atoms with E-state index < -0.39 is 65.2 Å². The molecule has 0 aromatic rings. The molecule has 0 aromatic heterocycles. The van der Waals surface area contributed by atoms with Crippen LogP contribution in [0.4, 0.5) is 0 Å². The second-order valence-electron chi connectivity index (χ2n) is 14.1. The van der Waals surface area contributed by atoms with Gasteiger partial charge in [-0.3, -0.25) is 34.2 Å². The second-order valence-corrected chi connectivity index (χ2v) is 14.1. The van der Waals surface area contributed by atoms with Gasteiger partial charge in [0.15, 0.2) is 5.78 Å². The summed E-state index contributed by atoms with van der Waals surface area (Å²) in [7, 11) is 0. The Morgan fingerprint density at radius 3 is 1.81 bits per heavy atom. The summed E-state index contributed by atoms with van der Waals surface area (Å²) in [6.07, 6.45) is 10.0. The quantitative estimate of drug-likeness (QED) is 0.0486. The molecule has 2 unspecified atom stereocenters. The monoisotopic (exact) mass is 814 g/mol. The Bertz CT molecular complexity index is 1220. The van der Waals surface area contributed by atoms with Gasteiger partial charge in [0.05, 0.1) is 25.2 Å². The zero-order valence-corrected chi connectivity index (χ0v) is 38.0. The molecule has 3 fully saturated rings. The summed E-state index contributed by atoms with van der Waals surface area (Å²) in [5.74, 6) is -3.24. The summed E-state index contributed by atoms with van der Waals surface area (Å²) < 4.78 is 0. The highest BCUT2D eigenvalue weighted by Gasteiger charge is 2.51. The van der Waals surface area contributed by atoms with Gasteiger partial charge in [0, 0.05) is 24.5 Å². The second kappa shape index (κ2) is 35.2. The predicted octanol–water partition coefficient (Wildman–Crippen LogP) is 7.97. The average molecular weight is 814 g/mol. The van der Waals surface area contributed by atoms with Crippen molar-refractivity contribution in [2.24, 2.45) is 17.3 Å². The maximum atomic E-state index is 14.0. The van der Waals surface area contributed by atoms with Crippen LogP contribution in [0, 0.1) is 28.1 Å². The van der Waals surface area contributed by atoms with E-state index in [9.17, 15) is 28.8 Å². The first-order chi connectivity index (χ1) is 27.2. The molecule has 3 rings (SSSR count). The molecule has 5 atom stereocenters. The molecule has 13 nitrogen and oxygen atoms in total. The van der Waals surface area contributed by atoms with Gasteiger partial charge < -0.3 is 31.6 Å². The zero-order valence-electron chi connectivity index (χ0n) is 38.0. The van der Waals surface area contributed by atoms with Crippen LogP contribution in [0.3, 0.4) is 0 Å². The van der Waals surface area contributed by atoms with Crippen molar-refractivity contribution in [1.29, 1.82) is 10.8 Å². The summed E-state index contributed by atoms with van der Waals surface area (Å²) in [5, 5.41) is 25.0. The predicted molar refractivity (Wildman–Crippen MR) is 245 cm³/mol. The van der Waals surface area contributed by atoms with Crippen molar-refractivity contribution < 1.29 is 34.5 Å². The van der Waals surface area contributed by atoms with E-state index in [2.05, 4.69) is 61.4 Å². The Hall–Kier alpha value is -4.00. The molecule has 0 spiro atoms. The van der Waals surface area contributed by atoms with Crippen molar-refractivity contribution in [2.75, 3.05) is 19.6 Å². The van der Waals surface area contributed by atoms with E-state index in [-0.39, 0.29) is 35.9 Å². The zero-order chi connectivity index (χ0) is 45.3. The molecule has 1 aliphatic heterocycles. The Kier molecular flexibility index (Phi) is 36.8. The van der Waals surface area contributed by atoms with Crippen molar-refractivity contribution >= 4 is 47.1 Å². The third-order valence-corrected chi connectivity index (χ3v) is 8.98. The van der Waals surface area contributed by atoms with E-state index in [0.29, 0.717) is 25.6 Å². The molecule has 2 aliphatic carbocycles. The van der Waals surface area contributed by atoms with Crippen LogP contribution in [-0.2, 0) is 28.8 Å². The molecular formula is C44H91N7O6. The van der Waals surface area contributed by atoms with Crippen LogP contribution >= 0.6 is 0 Å². The number of nitrogens with zero attached hydrogens (tertiary/aromatic N) is 1. The average Bonchev–Trinajstić information content (AvgIpc) is 3.80. The fourth-order valence-electron chi connectivity index (χ4n) is 6.23. The lowest BCUT2D eigenvalue weighted by atomic mass is 9.85. The van der Waals surface area contributed by atoms with Crippen molar-refractivity contribution in [3.05, 3.63) is 26.3 Å². The molecule has 0 radical (unpaired) electrons. The summed E-state index contributed by atoms with van der Waals surface area (Å²) >= 11 is 0. The number of hydrogen-bond acceptors (Lipinski definition) is 9. The number of amides is 4. The number of Topliss-reactive ketones (excluding diaryl/α,β-unsaturated/α-hetero) is 2. The Morgan fingerprint density at radius 1 is 0.825 bits per heavy atom. The van der Waals surface area contributed by atoms with Gasteiger partial charge >= 0.3 is 0 Å². The van der Waals surface area contributed by atoms with E-state index in [1.54, 1.807) is 25.7 Å². The Balaban J connectivity index is -0.000000218. The first-order valence-electron chi connectivity index (χ1n) is 21.3. The van der Waals surface area contributed by atoms with Crippen LogP contribution in [0.5, 0.6) is 0 Å². The third kappa shape index (κ3) is 22.5. The number of fused-ring (bicyclic) bond motifs is 1. The molecule has 1 saturated heterocycles. The lowest BCUT2D eigenvalue weighted by Crippen LogP contribution is -2.59. The van der Waals surface area contributed by atoms with Gasteiger partial charge in [-0.25, -0.2) is 0 Å². The van der Waals surface area contributed by atoms with E-state index in [0.717, 1.165) is 32.1 Å². The van der Waals surface area contributed by atoms with Gasteiger partial charge in [0.1, 0.15) is 11.8 Å². The minimum atomic E-state index is -0.994. The molecule has 13 heteroatoms. The van der Waals surface area contributed by atoms with Crippen LogP contribution in [0.2, 0.25) is 0 Å². The normalized spacial score (nSPS) is 18.0. The summed E-state index contributed by atoms with van der Waals surface area (Å²) in [4.78, 5) is 78.9. The van der Waals surface area contributed by atoms with Crippen molar-refractivity contribution in [1.82, 2.24) is 26.2 Å². The van der Waals surface area contributed by atoms with E-state index >= 15 is 0 Å². The Labute approximate surface area is 352 Å². The molecule has 1 heterocycles. The minimum Gasteiger partial charge on any atom is -0.347 e. The van der Waals surface area contributed by atoms with Crippen LogP contribution in [0.15, 0.2) is 26.3 Å². The Morgan fingerprint density at radius 2 is 1.37 bits per heavy atom. The molecule has 6 N–H and O–H groups in total. The maximum Gasteiger partial charge on any atom is 0.289 e. The van der Waals surface area contributed by atoms with Crippen molar-refractivity contribution in [3.8, 4) is 0 Å². The van der Waals surface area contributed by atoms with E-state index in [4.69, 9.17) is 10.8 Å². The SMILES string of the molecule is C=C.C=C.CC.CC.CC.CCCCC.CCC[C@H](NCC(=O)C1[C@H]2CCC[C@H]2CN1C(=O)C(NC(=O)CNC(=O)C(=N)C=N)C(C)(C)C)C(=O)C(=O)NC1CC1.[HH].[HH].[HH].[HH]. The molecule has 0 bridgehead atoms. The fraction of sp³-hybridized carbons (Fsp3) is 0.727. The summed E-state index contributed by atoms with van der Waals surface area (Å²) in [6, 6.07) is -2.46. The molecule has 4 amide bonds. The number of ketones is 2.